The van der Waals surface area contributed by atoms with Crippen LogP contribution in [0, 0.1) is 6.92 Å². The van der Waals surface area contributed by atoms with E-state index in [0.717, 1.165) is 27.4 Å². The number of aliphatic hydroxyl groups is 2. The fourth-order valence-corrected chi connectivity index (χ4v) is 5.66. The number of hydrogen-bond acceptors (Lipinski definition) is 8. The number of thiazole rings is 1. The first kappa shape index (κ1) is 32.9. The first-order valence-electron chi connectivity index (χ1n) is 14.7. The normalized spacial score (nSPS) is 12.6. The SMILES string of the molecule is Cc1csc(CN(C)C(=O)c2cc(CO)cc(C(=O)N[C@@H](Cc3ccccc3)[C@H](O)CNCc3cncc(C(C)C)c3)c2)n1. The fourth-order valence-electron chi connectivity index (χ4n) is 4.84. The molecule has 4 N–H and O–H groups in total. The highest BCUT2D eigenvalue weighted by Gasteiger charge is 2.24. The minimum Gasteiger partial charge on any atom is -0.392 e. The zero-order chi connectivity index (χ0) is 31.6. The van der Waals surface area contributed by atoms with Crippen LogP contribution in [0.15, 0.2) is 72.4 Å². The quantitative estimate of drug-likeness (QED) is 0.167. The Morgan fingerprint density at radius 1 is 1.00 bits per heavy atom. The summed E-state index contributed by atoms with van der Waals surface area (Å²) in [7, 11) is 1.68. The molecule has 0 aliphatic heterocycles. The zero-order valence-electron chi connectivity index (χ0n) is 25.7. The lowest BCUT2D eigenvalue weighted by Gasteiger charge is -2.25. The van der Waals surface area contributed by atoms with Crippen LogP contribution in [0.4, 0.5) is 0 Å². The van der Waals surface area contributed by atoms with E-state index in [1.165, 1.54) is 22.3 Å². The number of benzene rings is 2. The van der Waals surface area contributed by atoms with E-state index >= 15 is 0 Å². The summed E-state index contributed by atoms with van der Waals surface area (Å²) in [4.78, 5) is 37.2. The number of aliphatic hydroxyl groups excluding tert-OH is 2. The third-order valence-corrected chi connectivity index (χ3v) is 8.27. The van der Waals surface area contributed by atoms with Crippen LogP contribution in [0.3, 0.4) is 0 Å². The van der Waals surface area contributed by atoms with Crippen LogP contribution in [0.5, 0.6) is 0 Å². The van der Waals surface area contributed by atoms with Crippen LogP contribution in [0.25, 0.3) is 0 Å². The summed E-state index contributed by atoms with van der Waals surface area (Å²) < 4.78 is 0. The lowest BCUT2D eigenvalue weighted by Crippen LogP contribution is -2.48. The van der Waals surface area contributed by atoms with Crippen molar-refractivity contribution in [2.24, 2.45) is 0 Å². The first-order valence-corrected chi connectivity index (χ1v) is 15.6. The molecule has 4 rings (SSSR count). The third-order valence-electron chi connectivity index (χ3n) is 7.31. The van der Waals surface area contributed by atoms with Crippen LogP contribution >= 0.6 is 11.3 Å². The van der Waals surface area contributed by atoms with E-state index in [9.17, 15) is 19.8 Å². The molecule has 2 heterocycles. The number of pyridine rings is 1. The number of aryl methyl sites for hydroxylation is 1. The van der Waals surface area contributed by atoms with Gasteiger partial charge in [0.25, 0.3) is 11.8 Å². The monoisotopic (exact) mass is 615 g/mol. The molecule has 0 spiro atoms. The predicted molar refractivity (Wildman–Crippen MR) is 172 cm³/mol. The second kappa shape index (κ2) is 15.7. The van der Waals surface area contributed by atoms with Gasteiger partial charge in [0.1, 0.15) is 5.01 Å². The standard InChI is InChI=1S/C34H41N5O4S/c1-22(2)29-12-26(15-35-17-29)16-36-18-31(41)30(13-24-8-6-5-7-9-24)38-33(42)27-10-25(20-40)11-28(14-27)34(43)39(4)19-32-37-23(3)21-44-32/h5-12,14-15,17,21-22,30-31,36,40-41H,13,16,18-20H2,1-4H3,(H,38,42)/t30-,31+/m0/s1. The van der Waals surface area contributed by atoms with Gasteiger partial charge in [0.15, 0.2) is 0 Å². The van der Waals surface area contributed by atoms with E-state index in [0.29, 0.717) is 31.0 Å². The van der Waals surface area contributed by atoms with Crippen molar-refractivity contribution in [2.45, 2.75) is 65.0 Å². The van der Waals surface area contributed by atoms with Crippen molar-refractivity contribution in [2.75, 3.05) is 13.6 Å². The highest BCUT2D eigenvalue weighted by molar-refractivity contribution is 7.09. The number of nitrogens with zero attached hydrogens (tertiary/aromatic N) is 3. The lowest BCUT2D eigenvalue weighted by atomic mass is 9.99. The van der Waals surface area contributed by atoms with Crippen LogP contribution in [-0.4, -0.2) is 62.6 Å². The molecule has 0 saturated carbocycles. The minimum absolute atomic E-state index is 0.230. The summed E-state index contributed by atoms with van der Waals surface area (Å²) in [6, 6.07) is 15.8. The number of rotatable bonds is 14. The maximum Gasteiger partial charge on any atom is 0.254 e. The summed E-state index contributed by atoms with van der Waals surface area (Å²) in [6.45, 7) is 6.90. The van der Waals surface area contributed by atoms with Gasteiger partial charge < -0.3 is 25.7 Å². The van der Waals surface area contributed by atoms with Gasteiger partial charge in [0.05, 0.1) is 25.3 Å². The Morgan fingerprint density at radius 2 is 1.75 bits per heavy atom. The second-order valence-electron chi connectivity index (χ2n) is 11.4. The van der Waals surface area contributed by atoms with Gasteiger partial charge in [0, 0.05) is 54.7 Å². The zero-order valence-corrected chi connectivity index (χ0v) is 26.5. The summed E-state index contributed by atoms with van der Waals surface area (Å²) in [5.74, 6) is -0.369. The topological polar surface area (TPSA) is 128 Å². The van der Waals surface area contributed by atoms with Gasteiger partial charge in [-0.05, 0) is 59.7 Å². The Morgan fingerprint density at radius 3 is 2.43 bits per heavy atom. The van der Waals surface area contributed by atoms with Gasteiger partial charge in [-0.1, -0.05) is 50.2 Å². The van der Waals surface area contributed by atoms with Crippen molar-refractivity contribution in [3.05, 3.63) is 116 Å². The molecule has 0 aliphatic carbocycles. The van der Waals surface area contributed by atoms with E-state index < -0.39 is 18.1 Å². The summed E-state index contributed by atoms with van der Waals surface area (Å²) in [5.41, 5.74) is 4.98. The second-order valence-corrected chi connectivity index (χ2v) is 12.3. The van der Waals surface area contributed by atoms with E-state index in [-0.39, 0.29) is 30.2 Å². The van der Waals surface area contributed by atoms with Crippen LogP contribution in [-0.2, 0) is 26.1 Å². The summed E-state index contributed by atoms with van der Waals surface area (Å²) in [6.07, 6.45) is 3.16. The van der Waals surface area contributed by atoms with E-state index in [1.807, 2.05) is 48.8 Å². The van der Waals surface area contributed by atoms with Crippen LogP contribution in [0.1, 0.15) is 73.4 Å². The molecule has 2 aromatic heterocycles. The predicted octanol–water partition coefficient (Wildman–Crippen LogP) is 4.23. The van der Waals surface area contributed by atoms with Gasteiger partial charge in [0.2, 0.25) is 0 Å². The molecule has 4 aromatic rings. The molecule has 2 amide bonds. The van der Waals surface area contributed by atoms with Gasteiger partial charge in [-0.2, -0.15) is 0 Å². The molecule has 9 nitrogen and oxygen atoms in total. The van der Waals surface area contributed by atoms with Gasteiger partial charge in [-0.3, -0.25) is 14.6 Å². The summed E-state index contributed by atoms with van der Waals surface area (Å²) >= 11 is 1.48. The van der Waals surface area contributed by atoms with E-state index in [4.69, 9.17) is 0 Å². The average Bonchev–Trinajstić information content (AvgIpc) is 3.44. The molecular formula is C34H41N5O4S. The molecule has 2 aromatic carbocycles. The minimum atomic E-state index is -0.907. The van der Waals surface area contributed by atoms with E-state index in [2.05, 4.69) is 40.5 Å². The van der Waals surface area contributed by atoms with Crippen molar-refractivity contribution in [3.8, 4) is 0 Å². The van der Waals surface area contributed by atoms with Crippen LogP contribution in [0.2, 0.25) is 0 Å². The highest BCUT2D eigenvalue weighted by atomic mass is 32.1. The maximum absolute atomic E-state index is 13.6. The smallest absolute Gasteiger partial charge is 0.254 e. The van der Waals surface area contributed by atoms with Gasteiger partial charge >= 0.3 is 0 Å². The largest absolute Gasteiger partial charge is 0.392 e. The average molecular weight is 616 g/mol. The van der Waals surface area contributed by atoms with Crippen LogP contribution < -0.4 is 10.6 Å². The third kappa shape index (κ3) is 9.27. The number of hydrogen-bond donors (Lipinski definition) is 4. The van der Waals surface area contributed by atoms with Gasteiger partial charge in [-0.15, -0.1) is 11.3 Å². The first-order chi connectivity index (χ1) is 21.1. The van der Waals surface area contributed by atoms with E-state index in [1.54, 1.807) is 25.4 Å². The number of carbonyl (C=O) groups excluding carboxylic acids is 2. The van der Waals surface area contributed by atoms with Crippen molar-refractivity contribution < 1.29 is 19.8 Å². The fraction of sp³-hybridized carbons (Fsp3) is 0.353. The molecule has 0 bridgehead atoms. The molecule has 232 valence electrons. The van der Waals surface area contributed by atoms with Crippen molar-refractivity contribution in [3.63, 3.8) is 0 Å². The Balaban J connectivity index is 1.48. The molecular weight excluding hydrogens is 574 g/mol. The molecule has 0 unspecified atom stereocenters. The van der Waals surface area contributed by atoms with Gasteiger partial charge in [-0.25, -0.2) is 4.98 Å². The van der Waals surface area contributed by atoms with Crippen molar-refractivity contribution in [1.29, 1.82) is 0 Å². The Bertz CT molecular complexity index is 1540. The Hall–Kier alpha value is -3.96. The molecule has 0 fully saturated rings. The Kier molecular flexibility index (Phi) is 11.7. The molecule has 0 radical (unpaired) electrons. The maximum atomic E-state index is 13.6. The summed E-state index contributed by atoms with van der Waals surface area (Å²) in [5, 5.41) is 30.2. The lowest BCUT2D eigenvalue weighted by molar-refractivity contribution is 0.0784. The number of aromatic nitrogens is 2. The Labute approximate surface area is 263 Å². The number of carbonyl (C=O) groups is 2. The number of nitrogens with one attached hydrogen (secondary N) is 2. The van der Waals surface area contributed by atoms with Crippen molar-refractivity contribution in [1.82, 2.24) is 25.5 Å². The number of amides is 2. The molecule has 10 heteroatoms. The molecule has 44 heavy (non-hydrogen) atoms. The van der Waals surface area contributed by atoms with Crippen molar-refractivity contribution >= 4 is 23.2 Å². The molecule has 0 saturated heterocycles. The molecule has 0 aliphatic rings. The molecule has 2 atom stereocenters. The highest BCUT2D eigenvalue weighted by Crippen LogP contribution is 2.18.